The highest BCUT2D eigenvalue weighted by Gasteiger charge is 2.25. The van der Waals surface area contributed by atoms with E-state index in [1.54, 1.807) is 23.9 Å². The Morgan fingerprint density at radius 3 is 2.72 bits per heavy atom. The van der Waals surface area contributed by atoms with Gasteiger partial charge >= 0.3 is 0 Å². The number of aromatic hydroxyl groups is 1. The zero-order valence-corrected chi connectivity index (χ0v) is 17.0. The number of hydrogen-bond acceptors (Lipinski definition) is 7. The van der Waals surface area contributed by atoms with Crippen LogP contribution in [0.15, 0.2) is 46.2 Å². The van der Waals surface area contributed by atoms with Crippen LogP contribution in [0.2, 0.25) is 0 Å². The first-order valence-electron chi connectivity index (χ1n) is 9.77. The van der Waals surface area contributed by atoms with Crippen LogP contribution in [-0.4, -0.2) is 73.6 Å². The maximum Gasteiger partial charge on any atom is 0.256 e. The summed E-state index contributed by atoms with van der Waals surface area (Å²) in [4.78, 5) is 19.2. The van der Waals surface area contributed by atoms with Gasteiger partial charge in [0.2, 0.25) is 0 Å². The molecule has 2 heterocycles. The number of nitrogens with zero attached hydrogens (tertiary/aromatic N) is 2. The molecule has 0 spiro atoms. The Hall–Kier alpha value is -2.26. The summed E-state index contributed by atoms with van der Waals surface area (Å²) in [6.45, 7) is 5.61. The van der Waals surface area contributed by atoms with Crippen molar-refractivity contribution < 1.29 is 19.7 Å². The van der Waals surface area contributed by atoms with Gasteiger partial charge in [0.05, 0.1) is 41.7 Å². The minimum absolute atomic E-state index is 0.0594. The molecule has 4 rings (SSSR count). The minimum atomic E-state index is -0.202. The van der Waals surface area contributed by atoms with E-state index in [0.717, 1.165) is 53.9 Å². The molecule has 7 nitrogen and oxygen atoms in total. The van der Waals surface area contributed by atoms with Gasteiger partial charge in [-0.2, -0.15) is 0 Å². The van der Waals surface area contributed by atoms with E-state index in [1.807, 2.05) is 12.1 Å². The lowest BCUT2D eigenvalue weighted by Crippen LogP contribution is -2.47. The number of ether oxygens (including phenoxy) is 1. The first-order chi connectivity index (χ1) is 14.2. The third-order valence-electron chi connectivity index (χ3n) is 5.16. The number of piperazine rings is 1. The van der Waals surface area contributed by atoms with Crippen molar-refractivity contribution in [3.05, 3.63) is 42.0 Å². The Labute approximate surface area is 174 Å². The SMILES string of the molecule is O=C1Nc2cccc(N3CCN(CCOCCO)CC3)c2Sc2ccc(O)cc21. The van der Waals surface area contributed by atoms with Gasteiger partial charge in [0, 0.05) is 37.6 Å². The van der Waals surface area contributed by atoms with Crippen LogP contribution in [0.4, 0.5) is 11.4 Å². The summed E-state index contributed by atoms with van der Waals surface area (Å²) in [7, 11) is 0. The zero-order chi connectivity index (χ0) is 20.2. The molecule has 1 fully saturated rings. The number of nitrogens with one attached hydrogen (secondary N) is 1. The Balaban J connectivity index is 1.50. The molecule has 0 radical (unpaired) electrons. The molecule has 0 atom stereocenters. The lowest BCUT2D eigenvalue weighted by molar-refractivity contribution is 0.0724. The lowest BCUT2D eigenvalue weighted by Gasteiger charge is -2.37. The largest absolute Gasteiger partial charge is 0.508 e. The van der Waals surface area contributed by atoms with Crippen LogP contribution in [0, 0.1) is 0 Å². The number of aliphatic hydroxyl groups excluding tert-OH is 1. The van der Waals surface area contributed by atoms with E-state index in [2.05, 4.69) is 21.2 Å². The predicted octanol–water partition coefficient (Wildman–Crippen LogP) is 2.24. The van der Waals surface area contributed by atoms with Crippen molar-refractivity contribution >= 4 is 29.0 Å². The van der Waals surface area contributed by atoms with E-state index in [4.69, 9.17) is 9.84 Å². The molecule has 2 aliphatic heterocycles. The highest BCUT2D eigenvalue weighted by Crippen LogP contribution is 2.45. The molecular formula is C21H25N3O4S. The van der Waals surface area contributed by atoms with Crippen molar-refractivity contribution in [3.8, 4) is 5.75 Å². The Morgan fingerprint density at radius 1 is 1.10 bits per heavy atom. The summed E-state index contributed by atoms with van der Waals surface area (Å²) in [5.41, 5.74) is 2.41. The number of rotatable bonds is 6. The third-order valence-corrected chi connectivity index (χ3v) is 6.37. The summed E-state index contributed by atoms with van der Waals surface area (Å²) in [6, 6.07) is 10.9. The molecule has 154 valence electrons. The van der Waals surface area contributed by atoms with E-state index >= 15 is 0 Å². The van der Waals surface area contributed by atoms with Gasteiger partial charge in [-0.1, -0.05) is 17.8 Å². The molecule has 2 aromatic rings. The van der Waals surface area contributed by atoms with Gasteiger partial charge < -0.3 is 25.2 Å². The first-order valence-corrected chi connectivity index (χ1v) is 10.6. The van der Waals surface area contributed by atoms with Crippen LogP contribution >= 0.6 is 11.8 Å². The second-order valence-electron chi connectivity index (χ2n) is 7.06. The van der Waals surface area contributed by atoms with E-state index < -0.39 is 0 Å². The number of benzene rings is 2. The van der Waals surface area contributed by atoms with Gasteiger partial charge in [-0.25, -0.2) is 0 Å². The average molecular weight is 416 g/mol. The molecule has 1 saturated heterocycles. The number of aliphatic hydroxyl groups is 1. The maximum atomic E-state index is 12.6. The van der Waals surface area contributed by atoms with E-state index in [9.17, 15) is 9.90 Å². The van der Waals surface area contributed by atoms with E-state index in [-0.39, 0.29) is 18.3 Å². The molecule has 2 aliphatic rings. The van der Waals surface area contributed by atoms with Crippen LogP contribution in [0.1, 0.15) is 10.4 Å². The number of carbonyl (C=O) groups excluding carboxylic acids is 1. The van der Waals surface area contributed by atoms with Crippen LogP contribution in [0.25, 0.3) is 0 Å². The standard InChI is InChI=1S/C21H25N3O4S/c25-11-13-28-12-10-23-6-8-24(9-7-23)18-3-1-2-17-20(18)29-19-5-4-15(26)14-16(19)21(27)22-17/h1-5,14,25-26H,6-13H2,(H,22,27). The summed E-state index contributed by atoms with van der Waals surface area (Å²) >= 11 is 1.56. The number of carbonyl (C=O) groups is 1. The van der Waals surface area contributed by atoms with Crippen molar-refractivity contribution in [1.29, 1.82) is 0 Å². The second-order valence-corrected chi connectivity index (χ2v) is 8.11. The molecule has 0 aliphatic carbocycles. The van der Waals surface area contributed by atoms with Gasteiger partial charge in [0.25, 0.3) is 5.91 Å². The zero-order valence-electron chi connectivity index (χ0n) is 16.1. The molecule has 29 heavy (non-hydrogen) atoms. The summed E-state index contributed by atoms with van der Waals surface area (Å²) < 4.78 is 5.37. The summed E-state index contributed by atoms with van der Waals surface area (Å²) in [5, 5.41) is 21.5. The fourth-order valence-corrected chi connectivity index (χ4v) is 4.78. The molecule has 1 amide bonds. The lowest BCUT2D eigenvalue weighted by atomic mass is 10.2. The first kappa shape index (κ1) is 20.0. The number of fused-ring (bicyclic) bond motifs is 2. The van der Waals surface area contributed by atoms with Gasteiger partial charge in [0.1, 0.15) is 5.75 Å². The van der Waals surface area contributed by atoms with E-state index in [0.29, 0.717) is 18.8 Å². The van der Waals surface area contributed by atoms with Crippen molar-refractivity contribution in [2.45, 2.75) is 9.79 Å². The smallest absolute Gasteiger partial charge is 0.256 e. The number of anilines is 2. The Bertz CT molecular complexity index is 884. The van der Waals surface area contributed by atoms with Gasteiger partial charge in [-0.05, 0) is 30.3 Å². The van der Waals surface area contributed by atoms with Crippen molar-refractivity contribution in [3.63, 3.8) is 0 Å². The second kappa shape index (κ2) is 9.04. The molecule has 0 aromatic heterocycles. The Morgan fingerprint density at radius 2 is 1.93 bits per heavy atom. The monoisotopic (exact) mass is 415 g/mol. The van der Waals surface area contributed by atoms with Crippen LogP contribution in [0.3, 0.4) is 0 Å². The van der Waals surface area contributed by atoms with Gasteiger partial charge in [0.15, 0.2) is 0 Å². The summed E-state index contributed by atoms with van der Waals surface area (Å²) in [5.74, 6) is -0.114. The molecule has 3 N–H and O–H groups in total. The van der Waals surface area contributed by atoms with Crippen molar-refractivity contribution in [2.24, 2.45) is 0 Å². The third kappa shape index (κ3) is 4.51. The molecule has 0 bridgehead atoms. The highest BCUT2D eigenvalue weighted by molar-refractivity contribution is 7.99. The fraction of sp³-hybridized carbons (Fsp3) is 0.381. The molecule has 0 saturated carbocycles. The topological polar surface area (TPSA) is 85.3 Å². The number of amides is 1. The van der Waals surface area contributed by atoms with E-state index in [1.165, 1.54) is 6.07 Å². The maximum absolute atomic E-state index is 12.6. The number of phenolic OH excluding ortho intramolecular Hbond substituents is 1. The van der Waals surface area contributed by atoms with Crippen LogP contribution in [0.5, 0.6) is 5.75 Å². The molecule has 2 aromatic carbocycles. The fourth-order valence-electron chi connectivity index (χ4n) is 3.64. The summed E-state index contributed by atoms with van der Waals surface area (Å²) in [6.07, 6.45) is 0. The predicted molar refractivity (Wildman–Crippen MR) is 113 cm³/mol. The number of phenols is 1. The normalized spacial score (nSPS) is 16.7. The van der Waals surface area contributed by atoms with Gasteiger partial charge in [-0.3, -0.25) is 9.69 Å². The van der Waals surface area contributed by atoms with Crippen molar-refractivity contribution in [2.75, 3.05) is 62.8 Å². The quantitative estimate of drug-likeness (QED) is 0.624. The van der Waals surface area contributed by atoms with Crippen LogP contribution < -0.4 is 10.2 Å². The van der Waals surface area contributed by atoms with Crippen LogP contribution in [-0.2, 0) is 4.74 Å². The molecule has 0 unspecified atom stereocenters. The van der Waals surface area contributed by atoms with Crippen molar-refractivity contribution in [1.82, 2.24) is 4.90 Å². The van der Waals surface area contributed by atoms with Gasteiger partial charge in [-0.15, -0.1) is 0 Å². The average Bonchev–Trinajstić information content (AvgIpc) is 2.87. The molecule has 8 heteroatoms. The Kier molecular flexibility index (Phi) is 6.25. The minimum Gasteiger partial charge on any atom is -0.508 e. The highest BCUT2D eigenvalue weighted by atomic mass is 32.2. The number of hydrogen-bond donors (Lipinski definition) is 3. The molecular weight excluding hydrogens is 390 g/mol.